The number of thiophene rings is 1. The summed E-state index contributed by atoms with van der Waals surface area (Å²) < 4.78 is 4.97. The van der Waals surface area contributed by atoms with Crippen molar-refractivity contribution in [2.75, 3.05) is 17.7 Å². The van der Waals surface area contributed by atoms with Gasteiger partial charge in [-0.2, -0.15) is 0 Å². The number of methoxy groups -OCH3 is 1. The Kier molecular flexibility index (Phi) is 5.68. The van der Waals surface area contributed by atoms with E-state index < -0.39 is 0 Å². The van der Waals surface area contributed by atoms with Crippen molar-refractivity contribution >= 4 is 51.1 Å². The number of ketones is 1. The summed E-state index contributed by atoms with van der Waals surface area (Å²) in [6.07, 6.45) is 4.08. The van der Waals surface area contributed by atoms with E-state index in [9.17, 15) is 9.59 Å². The molecule has 7 heteroatoms. The molecule has 3 rings (SSSR count). The fraction of sp³-hybridized carbons (Fsp3) is 0.316. The smallest absolute Gasteiger partial charge is 0.341 e. The lowest BCUT2D eigenvalue weighted by Gasteiger charge is -2.13. The summed E-state index contributed by atoms with van der Waals surface area (Å²) in [5.41, 5.74) is 3.00. The van der Waals surface area contributed by atoms with Gasteiger partial charge in [-0.3, -0.25) is 4.79 Å². The Bertz CT molecular complexity index is 874. The lowest BCUT2D eigenvalue weighted by atomic mass is 9.95. The molecule has 0 amide bonds. The number of anilines is 2. The van der Waals surface area contributed by atoms with Crippen LogP contribution in [0.15, 0.2) is 24.3 Å². The summed E-state index contributed by atoms with van der Waals surface area (Å²) in [6, 6.07) is 7.14. The Labute approximate surface area is 161 Å². The van der Waals surface area contributed by atoms with Gasteiger partial charge in [0.25, 0.3) is 0 Å². The monoisotopic (exact) mass is 388 g/mol. The number of rotatable bonds is 4. The highest BCUT2D eigenvalue weighted by atomic mass is 32.1. The molecule has 0 aliphatic heterocycles. The van der Waals surface area contributed by atoms with E-state index in [0.717, 1.165) is 36.9 Å². The van der Waals surface area contributed by atoms with Crippen molar-refractivity contribution in [1.82, 2.24) is 0 Å². The number of Topliss-reactive ketones (excluding diaryl/α,β-unsaturated/α-hetero) is 1. The maximum absolute atomic E-state index is 12.3. The van der Waals surface area contributed by atoms with Crippen LogP contribution in [0, 0.1) is 0 Å². The van der Waals surface area contributed by atoms with Crippen LogP contribution in [0.25, 0.3) is 0 Å². The maximum atomic E-state index is 12.3. The molecule has 0 atom stereocenters. The number of nitrogens with one attached hydrogen (secondary N) is 2. The number of benzene rings is 1. The molecule has 1 aromatic heterocycles. The number of esters is 1. The first-order valence-corrected chi connectivity index (χ1v) is 9.64. The van der Waals surface area contributed by atoms with Crippen LogP contribution in [0.4, 0.5) is 10.7 Å². The van der Waals surface area contributed by atoms with Crippen LogP contribution in [0.2, 0.25) is 0 Å². The number of hydrogen-bond acceptors (Lipinski definition) is 5. The van der Waals surface area contributed by atoms with Crippen LogP contribution >= 0.6 is 23.6 Å². The van der Waals surface area contributed by atoms with Gasteiger partial charge in [-0.15, -0.1) is 11.3 Å². The van der Waals surface area contributed by atoms with Gasteiger partial charge in [-0.25, -0.2) is 4.79 Å². The van der Waals surface area contributed by atoms with Crippen molar-refractivity contribution in [2.45, 2.75) is 32.6 Å². The summed E-state index contributed by atoms with van der Waals surface area (Å²) in [7, 11) is 1.39. The molecule has 1 aliphatic carbocycles. The number of aryl methyl sites for hydroxylation is 1. The molecule has 2 aromatic rings. The van der Waals surface area contributed by atoms with Gasteiger partial charge < -0.3 is 15.4 Å². The van der Waals surface area contributed by atoms with Crippen molar-refractivity contribution in [3.63, 3.8) is 0 Å². The van der Waals surface area contributed by atoms with E-state index in [2.05, 4.69) is 10.6 Å². The van der Waals surface area contributed by atoms with Gasteiger partial charge in [0.2, 0.25) is 0 Å². The summed E-state index contributed by atoms with van der Waals surface area (Å²) in [5.74, 6) is -0.347. The third-order valence-electron chi connectivity index (χ3n) is 4.31. The molecule has 0 saturated carbocycles. The average Bonchev–Trinajstić information content (AvgIpc) is 2.98. The fourth-order valence-electron chi connectivity index (χ4n) is 3.05. The highest BCUT2D eigenvalue weighted by Crippen LogP contribution is 2.38. The quantitative estimate of drug-likeness (QED) is 0.459. The second-order valence-corrected chi connectivity index (χ2v) is 7.64. The van der Waals surface area contributed by atoms with Gasteiger partial charge in [0.1, 0.15) is 5.00 Å². The Hall–Kier alpha value is -2.25. The zero-order chi connectivity index (χ0) is 18.7. The predicted octanol–water partition coefficient (Wildman–Crippen LogP) is 4.43. The number of ether oxygens (including phenoxy) is 1. The lowest BCUT2D eigenvalue weighted by Crippen LogP contribution is -2.20. The van der Waals surface area contributed by atoms with Crippen molar-refractivity contribution < 1.29 is 14.3 Å². The minimum atomic E-state index is -0.340. The van der Waals surface area contributed by atoms with Crippen LogP contribution in [0.3, 0.4) is 0 Å². The first kappa shape index (κ1) is 18.5. The molecule has 26 heavy (non-hydrogen) atoms. The first-order valence-electron chi connectivity index (χ1n) is 8.41. The van der Waals surface area contributed by atoms with E-state index in [4.69, 9.17) is 17.0 Å². The molecule has 0 unspecified atom stereocenters. The van der Waals surface area contributed by atoms with Gasteiger partial charge >= 0.3 is 5.97 Å². The third-order valence-corrected chi connectivity index (χ3v) is 5.73. The fourth-order valence-corrected chi connectivity index (χ4v) is 4.62. The minimum Gasteiger partial charge on any atom is -0.465 e. The molecule has 0 spiro atoms. The zero-order valence-corrected chi connectivity index (χ0v) is 16.3. The van der Waals surface area contributed by atoms with Crippen molar-refractivity contribution in [1.29, 1.82) is 0 Å². The van der Waals surface area contributed by atoms with E-state index >= 15 is 0 Å². The standard InChI is InChI=1S/C19H20N2O3S2/c1-11(22)12-6-5-7-13(10-12)20-19(25)21-17-16(18(23)24-2)14-8-3-4-9-15(14)26-17/h5-7,10H,3-4,8-9H2,1-2H3,(H2,20,21,25). The van der Waals surface area contributed by atoms with Crippen LogP contribution in [0.5, 0.6) is 0 Å². The lowest BCUT2D eigenvalue weighted by molar-refractivity contribution is 0.0601. The molecule has 0 bridgehead atoms. The normalized spacial score (nSPS) is 12.8. The molecule has 0 fully saturated rings. The van der Waals surface area contributed by atoms with E-state index in [1.807, 2.05) is 6.07 Å². The van der Waals surface area contributed by atoms with Gasteiger partial charge in [-0.1, -0.05) is 12.1 Å². The highest BCUT2D eigenvalue weighted by molar-refractivity contribution is 7.80. The van der Waals surface area contributed by atoms with E-state index in [1.165, 1.54) is 18.9 Å². The molecule has 1 aliphatic rings. The molecule has 1 heterocycles. The van der Waals surface area contributed by atoms with Crippen molar-refractivity contribution in [3.8, 4) is 0 Å². The summed E-state index contributed by atoms with van der Waals surface area (Å²) in [5, 5.41) is 7.29. The second kappa shape index (κ2) is 7.97. The average molecular weight is 389 g/mol. The van der Waals surface area contributed by atoms with Crippen LogP contribution in [-0.4, -0.2) is 24.0 Å². The van der Waals surface area contributed by atoms with Crippen LogP contribution < -0.4 is 10.6 Å². The Morgan fingerprint density at radius 1 is 1.19 bits per heavy atom. The number of fused-ring (bicyclic) bond motifs is 1. The highest BCUT2D eigenvalue weighted by Gasteiger charge is 2.26. The first-order chi connectivity index (χ1) is 12.5. The van der Waals surface area contributed by atoms with Crippen LogP contribution in [0.1, 0.15) is 50.9 Å². The van der Waals surface area contributed by atoms with Gasteiger partial charge in [0.15, 0.2) is 10.9 Å². The molecular weight excluding hydrogens is 368 g/mol. The predicted molar refractivity (Wildman–Crippen MR) is 109 cm³/mol. The Morgan fingerprint density at radius 2 is 1.96 bits per heavy atom. The molecule has 2 N–H and O–H groups in total. The molecule has 1 aromatic carbocycles. The Balaban J connectivity index is 1.81. The Morgan fingerprint density at radius 3 is 2.69 bits per heavy atom. The SMILES string of the molecule is COC(=O)c1c(NC(=S)Nc2cccc(C(C)=O)c2)sc2c1CCCC2. The second-order valence-electron chi connectivity index (χ2n) is 6.12. The zero-order valence-electron chi connectivity index (χ0n) is 14.7. The largest absolute Gasteiger partial charge is 0.465 e. The topological polar surface area (TPSA) is 67.4 Å². The number of thiocarbonyl (C=S) groups is 1. The third kappa shape index (κ3) is 3.94. The number of carbonyl (C=O) groups excluding carboxylic acids is 2. The maximum Gasteiger partial charge on any atom is 0.341 e. The molecular formula is C19H20N2O3S2. The summed E-state index contributed by atoms with van der Waals surface area (Å²) in [6.45, 7) is 1.52. The molecule has 0 saturated heterocycles. The van der Waals surface area contributed by atoms with Gasteiger partial charge in [-0.05, 0) is 62.5 Å². The number of carbonyl (C=O) groups is 2. The summed E-state index contributed by atoms with van der Waals surface area (Å²) >= 11 is 6.96. The minimum absolute atomic E-state index is 0.00793. The number of hydrogen-bond donors (Lipinski definition) is 2. The summed E-state index contributed by atoms with van der Waals surface area (Å²) in [4.78, 5) is 25.0. The van der Waals surface area contributed by atoms with Crippen LogP contribution in [-0.2, 0) is 17.6 Å². The molecule has 5 nitrogen and oxygen atoms in total. The van der Waals surface area contributed by atoms with Gasteiger partial charge in [0, 0.05) is 16.1 Å². The van der Waals surface area contributed by atoms with E-state index in [-0.39, 0.29) is 11.8 Å². The van der Waals surface area contributed by atoms with Gasteiger partial charge in [0.05, 0.1) is 12.7 Å². The molecule has 136 valence electrons. The molecule has 0 radical (unpaired) electrons. The van der Waals surface area contributed by atoms with Crippen molar-refractivity contribution in [3.05, 3.63) is 45.8 Å². The van der Waals surface area contributed by atoms with E-state index in [0.29, 0.717) is 21.2 Å². The van der Waals surface area contributed by atoms with E-state index in [1.54, 1.807) is 29.5 Å². The van der Waals surface area contributed by atoms with Crippen molar-refractivity contribution in [2.24, 2.45) is 0 Å².